The molecule has 2 N–H and O–H groups in total. The number of hydrogen-bond acceptors (Lipinski definition) is 4. The van der Waals surface area contributed by atoms with Crippen molar-refractivity contribution in [2.24, 2.45) is 0 Å². The minimum Gasteiger partial charge on any atom is -0.441 e. The van der Waals surface area contributed by atoms with E-state index in [2.05, 4.69) is 20.5 Å². The Morgan fingerprint density at radius 2 is 2.29 bits per heavy atom. The van der Waals surface area contributed by atoms with Crippen molar-refractivity contribution < 1.29 is 4.42 Å². The van der Waals surface area contributed by atoms with Crippen molar-refractivity contribution in [2.45, 2.75) is 32.2 Å². The molecule has 0 spiro atoms. The van der Waals surface area contributed by atoms with Gasteiger partial charge in [0.05, 0.1) is 0 Å². The van der Waals surface area contributed by atoms with Crippen molar-refractivity contribution in [2.75, 3.05) is 5.32 Å². The Hall–Kier alpha value is -2.01. The van der Waals surface area contributed by atoms with Gasteiger partial charge in [-0.05, 0) is 25.0 Å². The van der Waals surface area contributed by atoms with Crippen LogP contribution in [0.5, 0.6) is 0 Å². The Morgan fingerprint density at radius 3 is 3.10 bits per heavy atom. The number of halogens is 1. The van der Waals surface area contributed by atoms with Gasteiger partial charge in [-0.2, -0.15) is 5.10 Å². The van der Waals surface area contributed by atoms with Crippen molar-refractivity contribution >= 4 is 28.4 Å². The molecule has 1 aliphatic carbocycles. The Bertz CT molecular complexity index is 803. The normalized spacial score (nSPS) is 14.8. The molecule has 3 aromatic rings. The van der Waals surface area contributed by atoms with Gasteiger partial charge < -0.3 is 9.73 Å². The lowest BCUT2D eigenvalue weighted by atomic mass is 10.1. The highest BCUT2D eigenvalue weighted by atomic mass is 35.5. The summed E-state index contributed by atoms with van der Waals surface area (Å²) >= 11 is 6.17. The van der Waals surface area contributed by atoms with E-state index in [0.29, 0.717) is 23.5 Å². The molecule has 0 saturated heterocycles. The van der Waals surface area contributed by atoms with Crippen LogP contribution in [0.2, 0.25) is 5.15 Å². The lowest BCUT2D eigenvalue weighted by Crippen LogP contribution is -2.01. The zero-order valence-corrected chi connectivity index (χ0v) is 12.4. The molecular formula is C15H15ClN4O. The van der Waals surface area contributed by atoms with Gasteiger partial charge in [-0.1, -0.05) is 11.6 Å². The molecule has 21 heavy (non-hydrogen) atoms. The molecule has 0 bridgehead atoms. The fraction of sp³-hybridized carbons (Fsp3) is 0.333. The molecule has 0 radical (unpaired) electrons. The van der Waals surface area contributed by atoms with Crippen LogP contribution in [0.3, 0.4) is 0 Å². The largest absolute Gasteiger partial charge is 0.441 e. The van der Waals surface area contributed by atoms with Crippen LogP contribution in [0.15, 0.2) is 22.6 Å². The second kappa shape index (κ2) is 4.77. The number of anilines is 1. The van der Waals surface area contributed by atoms with Crippen LogP contribution >= 0.6 is 11.6 Å². The van der Waals surface area contributed by atoms with Crippen LogP contribution in [0.25, 0.3) is 11.1 Å². The molecule has 2 aromatic heterocycles. The molecule has 1 aromatic carbocycles. The summed E-state index contributed by atoms with van der Waals surface area (Å²) in [7, 11) is 0. The summed E-state index contributed by atoms with van der Waals surface area (Å²) in [5.74, 6) is 1.28. The first-order valence-electron chi connectivity index (χ1n) is 7.04. The van der Waals surface area contributed by atoms with Crippen molar-refractivity contribution in [1.82, 2.24) is 15.2 Å². The van der Waals surface area contributed by atoms with E-state index in [1.54, 1.807) is 0 Å². The van der Waals surface area contributed by atoms with Gasteiger partial charge in [0.25, 0.3) is 0 Å². The van der Waals surface area contributed by atoms with E-state index in [4.69, 9.17) is 16.0 Å². The summed E-state index contributed by atoms with van der Waals surface area (Å²) in [5.41, 5.74) is 4.88. The molecule has 0 atom stereocenters. The summed E-state index contributed by atoms with van der Waals surface area (Å²) in [6.45, 7) is 2.50. The van der Waals surface area contributed by atoms with Gasteiger partial charge in [-0.15, -0.1) is 0 Å². The van der Waals surface area contributed by atoms with Gasteiger partial charge in [-0.3, -0.25) is 5.10 Å². The Balaban J connectivity index is 1.56. The quantitative estimate of drug-likeness (QED) is 0.764. The number of fused-ring (bicyclic) bond motifs is 1. The average molecular weight is 303 g/mol. The van der Waals surface area contributed by atoms with E-state index < -0.39 is 0 Å². The Morgan fingerprint density at radius 1 is 1.43 bits per heavy atom. The highest BCUT2D eigenvalue weighted by Gasteiger charge is 2.29. The fourth-order valence-electron chi connectivity index (χ4n) is 2.57. The van der Waals surface area contributed by atoms with E-state index in [-0.39, 0.29) is 0 Å². The maximum absolute atomic E-state index is 6.17. The van der Waals surface area contributed by atoms with Gasteiger partial charge in [0.2, 0.25) is 0 Å². The predicted molar refractivity (Wildman–Crippen MR) is 81.6 cm³/mol. The molecule has 1 aliphatic rings. The summed E-state index contributed by atoms with van der Waals surface area (Å²) in [6.07, 6.45) is 2.43. The van der Waals surface area contributed by atoms with E-state index in [1.807, 2.05) is 25.1 Å². The first-order chi connectivity index (χ1) is 10.2. The predicted octanol–water partition coefficient (Wildman–Crippen LogP) is 4.00. The van der Waals surface area contributed by atoms with Gasteiger partial charge >= 0.3 is 0 Å². The van der Waals surface area contributed by atoms with Crippen LogP contribution in [-0.4, -0.2) is 15.2 Å². The molecule has 108 valence electrons. The second-order valence-corrected chi connectivity index (χ2v) is 5.81. The highest BCUT2D eigenvalue weighted by Crippen LogP contribution is 2.42. The Labute approximate surface area is 126 Å². The summed E-state index contributed by atoms with van der Waals surface area (Å²) in [4.78, 5) is 4.29. The lowest BCUT2D eigenvalue weighted by Gasteiger charge is -2.07. The van der Waals surface area contributed by atoms with Gasteiger partial charge in [0, 0.05) is 42.4 Å². The number of aromatic nitrogens is 3. The van der Waals surface area contributed by atoms with E-state index in [9.17, 15) is 0 Å². The number of nitrogens with zero attached hydrogens (tertiary/aromatic N) is 2. The number of aromatic amines is 1. The van der Waals surface area contributed by atoms with E-state index in [0.717, 1.165) is 22.4 Å². The molecular weight excluding hydrogens is 288 g/mol. The molecule has 4 rings (SSSR count). The van der Waals surface area contributed by atoms with Crippen LogP contribution in [-0.2, 0) is 6.54 Å². The highest BCUT2D eigenvalue weighted by molar-refractivity contribution is 6.30. The third-order valence-corrected chi connectivity index (χ3v) is 4.11. The second-order valence-electron chi connectivity index (χ2n) is 5.45. The minimum absolute atomic E-state index is 0.556. The smallest absolute Gasteiger partial charge is 0.192 e. The number of hydrogen-bond donors (Lipinski definition) is 2. The molecule has 0 amide bonds. The van der Waals surface area contributed by atoms with Gasteiger partial charge in [0.1, 0.15) is 5.52 Å². The van der Waals surface area contributed by atoms with Gasteiger partial charge in [0.15, 0.2) is 16.6 Å². The fourth-order valence-corrected chi connectivity index (χ4v) is 2.78. The summed E-state index contributed by atoms with van der Waals surface area (Å²) in [5, 5.41) is 11.1. The van der Waals surface area contributed by atoms with E-state index >= 15 is 0 Å². The van der Waals surface area contributed by atoms with Crippen LogP contribution in [0, 0.1) is 6.92 Å². The standard InChI is InChI=1S/C15H15ClN4O/c1-8-18-12-5-4-10(6-13(12)21-8)17-7-11-14(9-2-3-9)19-20-15(11)16/h4-6,9,17H,2-3,7H2,1H3,(H,19,20). The third-order valence-electron chi connectivity index (χ3n) is 3.80. The molecule has 5 nitrogen and oxygen atoms in total. The first-order valence-corrected chi connectivity index (χ1v) is 7.42. The number of rotatable bonds is 4. The zero-order valence-electron chi connectivity index (χ0n) is 11.6. The SMILES string of the molecule is Cc1nc2ccc(NCc3c(Cl)n[nH]c3C3CC3)cc2o1. The number of benzene rings is 1. The number of nitrogens with one attached hydrogen (secondary N) is 2. The molecule has 1 fully saturated rings. The maximum atomic E-state index is 6.17. The molecule has 2 heterocycles. The monoisotopic (exact) mass is 302 g/mol. The van der Waals surface area contributed by atoms with Crippen LogP contribution in [0.1, 0.15) is 35.9 Å². The van der Waals surface area contributed by atoms with Gasteiger partial charge in [-0.25, -0.2) is 4.98 Å². The molecule has 1 saturated carbocycles. The lowest BCUT2D eigenvalue weighted by molar-refractivity contribution is 0.561. The van der Waals surface area contributed by atoms with Crippen molar-refractivity contribution in [3.05, 3.63) is 40.5 Å². The van der Waals surface area contributed by atoms with E-state index in [1.165, 1.54) is 18.5 Å². The van der Waals surface area contributed by atoms with Crippen molar-refractivity contribution in [3.8, 4) is 0 Å². The van der Waals surface area contributed by atoms with Crippen LogP contribution in [0.4, 0.5) is 5.69 Å². The minimum atomic E-state index is 0.556. The summed E-state index contributed by atoms with van der Waals surface area (Å²) < 4.78 is 5.55. The average Bonchev–Trinajstić information content (AvgIpc) is 3.14. The Kier molecular flexibility index (Phi) is 2.89. The first kappa shape index (κ1) is 12.7. The van der Waals surface area contributed by atoms with Crippen molar-refractivity contribution in [3.63, 3.8) is 0 Å². The topological polar surface area (TPSA) is 66.7 Å². The molecule has 6 heteroatoms. The summed E-state index contributed by atoms with van der Waals surface area (Å²) in [6, 6.07) is 5.90. The van der Waals surface area contributed by atoms with Crippen LogP contribution < -0.4 is 5.32 Å². The maximum Gasteiger partial charge on any atom is 0.192 e. The number of oxazole rings is 1. The number of aryl methyl sites for hydroxylation is 1. The molecule has 0 aliphatic heterocycles. The zero-order chi connectivity index (χ0) is 14.4. The third kappa shape index (κ3) is 2.38. The molecule has 0 unspecified atom stereocenters. The number of H-pyrrole nitrogens is 1. The van der Waals surface area contributed by atoms with Crippen molar-refractivity contribution in [1.29, 1.82) is 0 Å².